The molecule has 0 saturated heterocycles. The minimum Gasteiger partial charge on any atom is -0.492 e. The van der Waals surface area contributed by atoms with E-state index in [0.29, 0.717) is 12.4 Å². The summed E-state index contributed by atoms with van der Waals surface area (Å²) in [5, 5.41) is 0. The summed E-state index contributed by atoms with van der Waals surface area (Å²) >= 11 is 3.38. The highest BCUT2D eigenvalue weighted by Crippen LogP contribution is 2.25. The van der Waals surface area contributed by atoms with Crippen molar-refractivity contribution in [2.24, 2.45) is 5.92 Å². The fourth-order valence-electron chi connectivity index (χ4n) is 1.67. The quantitative estimate of drug-likeness (QED) is 0.698. The molecule has 0 aromatic heterocycles. The molecule has 1 rings (SSSR count). The molecule has 0 radical (unpaired) electrons. The van der Waals surface area contributed by atoms with E-state index >= 15 is 0 Å². The first-order valence-corrected chi connectivity index (χ1v) is 8.99. The van der Waals surface area contributed by atoms with Gasteiger partial charge in [-0.25, -0.2) is 8.42 Å². The van der Waals surface area contributed by atoms with E-state index in [4.69, 9.17) is 15.4 Å². The topological polar surface area (TPSA) is 43.4 Å². The molecule has 0 amide bonds. The molecule has 0 bridgehead atoms. The molecule has 18 heavy (non-hydrogen) atoms. The lowest BCUT2D eigenvalue weighted by molar-refractivity contribution is 0.251. The van der Waals surface area contributed by atoms with Crippen LogP contribution >= 0.6 is 26.6 Å². The molecule has 1 unspecified atom stereocenters. The molecule has 1 aromatic carbocycles. The first kappa shape index (κ1) is 15.8. The summed E-state index contributed by atoms with van der Waals surface area (Å²) in [4.78, 5) is 0. The Kier molecular flexibility index (Phi) is 6.46. The Balaban J connectivity index is 2.60. The summed E-state index contributed by atoms with van der Waals surface area (Å²) in [6.07, 6.45) is 1.67. The second kappa shape index (κ2) is 7.36. The molecule has 0 aliphatic carbocycles. The number of hydrogen-bond donors (Lipinski definition) is 0. The molecule has 1 atom stereocenters. The molecule has 0 fully saturated rings. The minimum atomic E-state index is -3.48. The van der Waals surface area contributed by atoms with Crippen LogP contribution in [0.1, 0.15) is 19.8 Å². The Morgan fingerprint density at radius 1 is 1.39 bits per heavy atom. The number of para-hydroxylation sites is 1. The van der Waals surface area contributed by atoms with Gasteiger partial charge in [-0.05, 0) is 34.5 Å². The molecular formula is C12H16BrClO3S. The molecule has 0 aliphatic heterocycles. The van der Waals surface area contributed by atoms with E-state index in [1.54, 1.807) is 0 Å². The van der Waals surface area contributed by atoms with Crippen LogP contribution in [-0.4, -0.2) is 20.8 Å². The third-order valence-electron chi connectivity index (χ3n) is 2.44. The first-order chi connectivity index (χ1) is 8.42. The maximum atomic E-state index is 11.1. The van der Waals surface area contributed by atoms with Gasteiger partial charge in [-0.1, -0.05) is 25.5 Å². The van der Waals surface area contributed by atoms with Crippen molar-refractivity contribution < 1.29 is 13.2 Å². The molecular weight excluding hydrogens is 340 g/mol. The van der Waals surface area contributed by atoms with Crippen LogP contribution in [0.3, 0.4) is 0 Å². The van der Waals surface area contributed by atoms with Gasteiger partial charge in [0.05, 0.1) is 16.8 Å². The second-order valence-electron chi connectivity index (χ2n) is 4.10. The lowest BCUT2D eigenvalue weighted by atomic mass is 10.1. The third-order valence-corrected chi connectivity index (χ3v) is 4.35. The molecule has 102 valence electrons. The summed E-state index contributed by atoms with van der Waals surface area (Å²) in [7, 11) is 1.80. The largest absolute Gasteiger partial charge is 0.492 e. The molecule has 3 nitrogen and oxygen atoms in total. The molecule has 0 heterocycles. The van der Waals surface area contributed by atoms with Crippen LogP contribution in [0.5, 0.6) is 5.75 Å². The van der Waals surface area contributed by atoms with E-state index in [0.717, 1.165) is 17.3 Å². The smallest absolute Gasteiger partial charge is 0.232 e. The molecule has 0 saturated carbocycles. The van der Waals surface area contributed by atoms with E-state index in [2.05, 4.69) is 15.9 Å². The predicted octanol–water partition coefficient (Wildman–Crippen LogP) is 3.81. The van der Waals surface area contributed by atoms with Crippen molar-refractivity contribution in [3.05, 3.63) is 28.7 Å². The van der Waals surface area contributed by atoms with Crippen molar-refractivity contribution in [2.45, 2.75) is 19.8 Å². The number of ether oxygens (including phenoxy) is 1. The van der Waals surface area contributed by atoms with Crippen molar-refractivity contribution in [1.29, 1.82) is 0 Å². The van der Waals surface area contributed by atoms with Crippen LogP contribution in [0, 0.1) is 5.92 Å². The highest BCUT2D eigenvalue weighted by atomic mass is 79.9. The standard InChI is InChI=1S/C12H16BrClO3S/c1-2-5-10(9-18(14,15)16)8-17-12-7-4-3-6-11(12)13/h3-4,6-7,10H,2,5,8-9H2,1H3. The average molecular weight is 356 g/mol. The molecule has 1 aromatic rings. The average Bonchev–Trinajstić information content (AvgIpc) is 2.26. The van der Waals surface area contributed by atoms with E-state index < -0.39 is 9.05 Å². The summed E-state index contributed by atoms with van der Waals surface area (Å²) in [5.74, 6) is 0.586. The molecule has 0 spiro atoms. The predicted molar refractivity (Wildman–Crippen MR) is 77.7 cm³/mol. The number of halogens is 2. The highest BCUT2D eigenvalue weighted by molar-refractivity contribution is 9.10. The summed E-state index contributed by atoms with van der Waals surface area (Å²) in [6, 6.07) is 7.47. The maximum absolute atomic E-state index is 11.1. The lowest BCUT2D eigenvalue weighted by Crippen LogP contribution is -2.19. The van der Waals surface area contributed by atoms with E-state index in [-0.39, 0.29) is 11.7 Å². The lowest BCUT2D eigenvalue weighted by Gasteiger charge is -2.16. The van der Waals surface area contributed by atoms with Gasteiger partial charge < -0.3 is 4.74 Å². The number of rotatable bonds is 7. The normalized spacial score (nSPS) is 13.3. The summed E-state index contributed by atoms with van der Waals surface area (Å²) < 4.78 is 28.7. The Morgan fingerprint density at radius 3 is 2.61 bits per heavy atom. The van der Waals surface area contributed by atoms with Crippen LogP contribution in [0.15, 0.2) is 28.7 Å². The fraction of sp³-hybridized carbons (Fsp3) is 0.500. The van der Waals surface area contributed by atoms with Crippen molar-refractivity contribution in [3.63, 3.8) is 0 Å². The van der Waals surface area contributed by atoms with Crippen LogP contribution < -0.4 is 4.74 Å². The zero-order valence-corrected chi connectivity index (χ0v) is 13.3. The molecule has 0 N–H and O–H groups in total. The van der Waals surface area contributed by atoms with E-state index in [1.807, 2.05) is 31.2 Å². The van der Waals surface area contributed by atoms with Gasteiger partial charge in [-0.3, -0.25) is 0 Å². The zero-order valence-electron chi connectivity index (χ0n) is 10.1. The monoisotopic (exact) mass is 354 g/mol. The van der Waals surface area contributed by atoms with Crippen LogP contribution in [0.25, 0.3) is 0 Å². The first-order valence-electron chi connectivity index (χ1n) is 5.72. The van der Waals surface area contributed by atoms with Gasteiger partial charge in [0.2, 0.25) is 9.05 Å². The van der Waals surface area contributed by atoms with Gasteiger partial charge >= 0.3 is 0 Å². The Bertz CT molecular complexity index is 476. The third kappa shape index (κ3) is 6.07. The van der Waals surface area contributed by atoms with Crippen molar-refractivity contribution in [3.8, 4) is 5.75 Å². The van der Waals surface area contributed by atoms with Gasteiger partial charge in [0.25, 0.3) is 0 Å². The molecule has 0 aliphatic rings. The van der Waals surface area contributed by atoms with Crippen molar-refractivity contribution in [2.75, 3.05) is 12.4 Å². The Hall–Kier alpha value is -0.260. The second-order valence-corrected chi connectivity index (χ2v) is 7.78. The van der Waals surface area contributed by atoms with Gasteiger partial charge in [-0.2, -0.15) is 0 Å². The summed E-state index contributed by atoms with van der Waals surface area (Å²) in [5.41, 5.74) is 0. The number of hydrogen-bond acceptors (Lipinski definition) is 3. The maximum Gasteiger partial charge on any atom is 0.232 e. The zero-order chi connectivity index (χ0) is 13.6. The summed E-state index contributed by atoms with van der Waals surface area (Å²) in [6.45, 7) is 2.36. The Morgan fingerprint density at radius 2 is 2.06 bits per heavy atom. The van der Waals surface area contributed by atoms with Crippen molar-refractivity contribution >= 4 is 35.7 Å². The van der Waals surface area contributed by atoms with Gasteiger partial charge in [0.1, 0.15) is 5.75 Å². The van der Waals surface area contributed by atoms with E-state index in [1.165, 1.54) is 0 Å². The Labute approximate surface area is 121 Å². The van der Waals surface area contributed by atoms with E-state index in [9.17, 15) is 8.42 Å². The SMILES string of the molecule is CCCC(COc1ccccc1Br)CS(=O)(=O)Cl. The van der Waals surface area contributed by atoms with Crippen LogP contribution in [0.4, 0.5) is 0 Å². The molecule has 6 heteroatoms. The van der Waals surface area contributed by atoms with Crippen molar-refractivity contribution in [1.82, 2.24) is 0 Å². The fourth-order valence-corrected chi connectivity index (χ4v) is 3.43. The van der Waals surface area contributed by atoms with Gasteiger partial charge in [0.15, 0.2) is 0 Å². The number of benzene rings is 1. The van der Waals surface area contributed by atoms with Crippen LogP contribution in [0.2, 0.25) is 0 Å². The highest BCUT2D eigenvalue weighted by Gasteiger charge is 2.17. The van der Waals surface area contributed by atoms with Crippen LogP contribution in [-0.2, 0) is 9.05 Å². The minimum absolute atomic E-state index is 0.0488. The van der Waals surface area contributed by atoms with Gasteiger partial charge in [0, 0.05) is 16.6 Å². The van der Waals surface area contributed by atoms with Gasteiger partial charge in [-0.15, -0.1) is 0 Å².